The molecule has 6 heteroatoms. The molecule has 20 heavy (non-hydrogen) atoms. The van der Waals surface area contributed by atoms with Crippen molar-refractivity contribution in [3.63, 3.8) is 0 Å². The van der Waals surface area contributed by atoms with Crippen LogP contribution in [-0.2, 0) is 9.53 Å². The van der Waals surface area contributed by atoms with Crippen molar-refractivity contribution in [2.45, 2.75) is 31.8 Å². The van der Waals surface area contributed by atoms with Gasteiger partial charge in [-0.25, -0.2) is 4.79 Å². The molecule has 0 saturated carbocycles. The zero-order chi connectivity index (χ0) is 14.5. The minimum atomic E-state index is -1.03. The fourth-order valence-corrected chi connectivity index (χ4v) is 2.67. The average molecular weight is 342 g/mol. The van der Waals surface area contributed by atoms with Crippen LogP contribution in [0.5, 0.6) is 0 Å². The Bertz CT molecular complexity index is 512. The van der Waals surface area contributed by atoms with E-state index in [-0.39, 0.29) is 17.6 Å². The van der Waals surface area contributed by atoms with Gasteiger partial charge in [0, 0.05) is 16.8 Å². The summed E-state index contributed by atoms with van der Waals surface area (Å²) >= 11 is 3.23. The summed E-state index contributed by atoms with van der Waals surface area (Å²) in [5.74, 6) is -1.19. The summed E-state index contributed by atoms with van der Waals surface area (Å²) in [5, 5.41) is 11.7. The molecular weight excluding hydrogens is 326 g/mol. The van der Waals surface area contributed by atoms with Crippen LogP contribution in [0.1, 0.15) is 36.0 Å². The highest BCUT2D eigenvalue weighted by Gasteiger charge is 2.18. The van der Waals surface area contributed by atoms with Gasteiger partial charge >= 0.3 is 5.97 Å². The first-order valence-corrected chi connectivity index (χ1v) is 7.29. The maximum atomic E-state index is 11.9. The fraction of sp³-hybridized carbons (Fsp3) is 0.429. The summed E-state index contributed by atoms with van der Waals surface area (Å²) in [7, 11) is 0. The number of carboxylic acids is 1. The minimum absolute atomic E-state index is 0.0325. The van der Waals surface area contributed by atoms with E-state index in [4.69, 9.17) is 9.84 Å². The third-order valence-corrected chi connectivity index (χ3v) is 3.57. The summed E-state index contributed by atoms with van der Waals surface area (Å²) in [6.45, 7) is 0.706. The van der Waals surface area contributed by atoms with E-state index in [2.05, 4.69) is 21.2 Å². The van der Waals surface area contributed by atoms with Gasteiger partial charge in [0.1, 0.15) is 0 Å². The van der Waals surface area contributed by atoms with E-state index >= 15 is 0 Å². The monoisotopic (exact) mass is 341 g/mol. The molecule has 0 radical (unpaired) electrons. The lowest BCUT2D eigenvalue weighted by Crippen LogP contribution is -2.25. The van der Waals surface area contributed by atoms with Gasteiger partial charge in [-0.05, 0) is 37.5 Å². The van der Waals surface area contributed by atoms with Gasteiger partial charge in [0.2, 0.25) is 5.91 Å². The Labute approximate surface area is 125 Å². The topological polar surface area (TPSA) is 75.6 Å². The molecule has 0 bridgehead atoms. The molecule has 108 valence electrons. The van der Waals surface area contributed by atoms with Crippen molar-refractivity contribution in [1.82, 2.24) is 0 Å². The van der Waals surface area contributed by atoms with Crippen molar-refractivity contribution < 1.29 is 19.4 Å². The number of anilines is 1. The molecule has 1 aromatic carbocycles. The summed E-state index contributed by atoms with van der Waals surface area (Å²) in [6.07, 6.45) is 3.29. The molecule has 2 rings (SSSR count). The number of ether oxygens (including phenoxy) is 1. The average Bonchev–Trinajstić information content (AvgIpc) is 2.38. The summed E-state index contributed by atoms with van der Waals surface area (Å²) in [4.78, 5) is 22.9. The number of carbonyl (C=O) groups is 2. The van der Waals surface area contributed by atoms with Crippen LogP contribution in [-0.4, -0.2) is 29.7 Å². The Balaban J connectivity index is 1.98. The normalized spacial score (nSPS) is 18.6. The van der Waals surface area contributed by atoms with Crippen molar-refractivity contribution in [2.75, 3.05) is 11.9 Å². The van der Waals surface area contributed by atoms with Crippen molar-refractivity contribution in [2.24, 2.45) is 0 Å². The number of nitrogens with one attached hydrogen (secondary N) is 1. The lowest BCUT2D eigenvalue weighted by molar-refractivity contribution is -0.119. The van der Waals surface area contributed by atoms with Crippen LogP contribution in [0.25, 0.3) is 0 Å². The second kappa shape index (κ2) is 6.85. The molecule has 1 atom stereocenters. The Kier molecular flexibility index (Phi) is 5.14. The van der Waals surface area contributed by atoms with Gasteiger partial charge in [-0.15, -0.1) is 0 Å². The number of hydrogen-bond acceptors (Lipinski definition) is 3. The van der Waals surface area contributed by atoms with E-state index < -0.39 is 5.97 Å². The fourth-order valence-electron chi connectivity index (χ4n) is 2.17. The lowest BCUT2D eigenvalue weighted by Gasteiger charge is -2.22. The summed E-state index contributed by atoms with van der Waals surface area (Å²) in [6, 6.07) is 4.60. The quantitative estimate of drug-likeness (QED) is 0.882. The molecule has 5 nitrogen and oxygen atoms in total. The molecule has 1 heterocycles. The standard InChI is InChI=1S/C14H16BrNO4/c15-10-5-9(14(18)19)6-11(7-10)16-13(17)8-12-3-1-2-4-20-12/h5-7,12H,1-4,8H2,(H,16,17)(H,18,19). The molecule has 0 spiro atoms. The molecule has 0 aliphatic carbocycles. The van der Waals surface area contributed by atoms with E-state index in [1.165, 1.54) is 12.1 Å². The number of carboxylic acid groups (broad SMARTS) is 1. The Hall–Kier alpha value is -1.40. The molecule has 1 unspecified atom stereocenters. The maximum Gasteiger partial charge on any atom is 0.335 e. The zero-order valence-electron chi connectivity index (χ0n) is 10.9. The van der Waals surface area contributed by atoms with Crippen LogP contribution < -0.4 is 5.32 Å². The number of hydrogen-bond donors (Lipinski definition) is 2. The highest BCUT2D eigenvalue weighted by atomic mass is 79.9. The van der Waals surface area contributed by atoms with E-state index in [1.54, 1.807) is 6.07 Å². The second-order valence-corrected chi connectivity index (χ2v) is 5.69. The van der Waals surface area contributed by atoms with Gasteiger partial charge < -0.3 is 15.2 Å². The van der Waals surface area contributed by atoms with Gasteiger partial charge in [0.25, 0.3) is 0 Å². The molecule has 1 saturated heterocycles. The number of carbonyl (C=O) groups excluding carboxylic acids is 1. The smallest absolute Gasteiger partial charge is 0.335 e. The molecule has 1 aliphatic heterocycles. The molecule has 1 aliphatic rings. The van der Waals surface area contributed by atoms with Crippen molar-refractivity contribution >= 4 is 33.5 Å². The van der Waals surface area contributed by atoms with Gasteiger partial charge in [0.15, 0.2) is 0 Å². The molecule has 2 N–H and O–H groups in total. The molecule has 1 aromatic rings. The second-order valence-electron chi connectivity index (χ2n) is 4.77. The first-order chi connectivity index (χ1) is 9.54. The van der Waals surface area contributed by atoms with E-state index in [0.29, 0.717) is 23.2 Å². The van der Waals surface area contributed by atoms with Crippen LogP contribution in [0.2, 0.25) is 0 Å². The molecule has 1 amide bonds. The molecular formula is C14H16BrNO4. The van der Waals surface area contributed by atoms with Crippen LogP contribution in [0, 0.1) is 0 Å². The number of amides is 1. The third kappa shape index (κ3) is 4.31. The van der Waals surface area contributed by atoms with E-state index in [0.717, 1.165) is 19.3 Å². The first-order valence-electron chi connectivity index (χ1n) is 6.50. The Morgan fingerprint density at radius 2 is 2.15 bits per heavy atom. The van der Waals surface area contributed by atoms with E-state index in [9.17, 15) is 9.59 Å². The Morgan fingerprint density at radius 1 is 1.35 bits per heavy atom. The highest BCUT2D eigenvalue weighted by molar-refractivity contribution is 9.10. The third-order valence-electron chi connectivity index (χ3n) is 3.12. The summed E-state index contributed by atoms with van der Waals surface area (Å²) < 4.78 is 6.12. The number of aromatic carboxylic acids is 1. The maximum absolute atomic E-state index is 11.9. The number of halogens is 1. The highest BCUT2D eigenvalue weighted by Crippen LogP contribution is 2.21. The zero-order valence-corrected chi connectivity index (χ0v) is 12.5. The summed E-state index contributed by atoms with van der Waals surface area (Å²) in [5.41, 5.74) is 0.598. The lowest BCUT2D eigenvalue weighted by atomic mass is 10.1. The van der Waals surface area contributed by atoms with Gasteiger partial charge in [-0.1, -0.05) is 15.9 Å². The van der Waals surface area contributed by atoms with Crippen LogP contribution in [0.15, 0.2) is 22.7 Å². The van der Waals surface area contributed by atoms with E-state index in [1.807, 2.05) is 0 Å². The van der Waals surface area contributed by atoms with Crippen LogP contribution in [0.4, 0.5) is 5.69 Å². The van der Waals surface area contributed by atoms with Crippen molar-refractivity contribution in [3.05, 3.63) is 28.2 Å². The van der Waals surface area contributed by atoms with Gasteiger partial charge in [-0.3, -0.25) is 4.79 Å². The van der Waals surface area contributed by atoms with Crippen LogP contribution in [0.3, 0.4) is 0 Å². The molecule has 1 fully saturated rings. The largest absolute Gasteiger partial charge is 0.478 e. The number of benzene rings is 1. The van der Waals surface area contributed by atoms with Gasteiger partial charge in [-0.2, -0.15) is 0 Å². The SMILES string of the molecule is O=C(CC1CCCCO1)Nc1cc(Br)cc(C(=O)O)c1. The van der Waals surface area contributed by atoms with Crippen LogP contribution >= 0.6 is 15.9 Å². The van der Waals surface area contributed by atoms with Gasteiger partial charge in [0.05, 0.1) is 18.1 Å². The minimum Gasteiger partial charge on any atom is -0.478 e. The number of rotatable bonds is 4. The Morgan fingerprint density at radius 3 is 2.80 bits per heavy atom. The predicted octanol–water partition coefficient (Wildman–Crippen LogP) is 3.05. The molecule has 0 aromatic heterocycles. The van der Waals surface area contributed by atoms with Crippen molar-refractivity contribution in [3.8, 4) is 0 Å². The van der Waals surface area contributed by atoms with Crippen molar-refractivity contribution in [1.29, 1.82) is 0 Å². The first kappa shape index (κ1) is 15.0. The predicted molar refractivity (Wildman–Crippen MR) is 77.9 cm³/mol.